The van der Waals surface area contributed by atoms with Crippen molar-refractivity contribution in [3.8, 4) is 0 Å². The highest BCUT2D eigenvalue weighted by Gasteiger charge is 2.14. The molecule has 0 heterocycles. The topological polar surface area (TPSA) is 34.1 Å². The van der Waals surface area contributed by atoms with Gasteiger partial charge < -0.3 is 0 Å². The quantitative estimate of drug-likeness (QED) is 0.105. The summed E-state index contributed by atoms with van der Waals surface area (Å²) in [5, 5.41) is 0.993. The Labute approximate surface area is 203 Å². The van der Waals surface area contributed by atoms with Gasteiger partial charge in [-0.3, -0.25) is 9.59 Å². The van der Waals surface area contributed by atoms with Crippen molar-refractivity contribution in [2.45, 2.75) is 114 Å². The Morgan fingerprint density at radius 3 is 1.37 bits per heavy atom. The molecule has 0 rings (SSSR count). The number of unbranched alkanes of at least 4 members (excludes halogenated alkanes) is 6. The summed E-state index contributed by atoms with van der Waals surface area (Å²) in [6.07, 6.45) is 19.6. The number of carbonyl (C=O) groups is 2. The Morgan fingerprint density at radius 1 is 0.633 bits per heavy atom. The molecule has 6 heteroatoms. The summed E-state index contributed by atoms with van der Waals surface area (Å²) in [4.78, 5) is 24.5. The number of hydrogen-bond donors (Lipinski definition) is 0. The number of thioether (sulfide) groups is 2. The van der Waals surface area contributed by atoms with Gasteiger partial charge in [0.2, 0.25) is 0 Å². The molecule has 0 radical (unpaired) electrons. The fourth-order valence-electron chi connectivity index (χ4n) is 3.34. The molecule has 0 saturated carbocycles. The molecule has 30 heavy (non-hydrogen) atoms. The van der Waals surface area contributed by atoms with Crippen LogP contribution in [0.3, 0.4) is 0 Å². The molecule has 0 aromatic rings. The predicted octanol–water partition coefficient (Wildman–Crippen LogP) is 8.47. The number of Topliss-reactive ketones (excluding diaryl/α,β-unsaturated/α-hetero) is 2. The van der Waals surface area contributed by atoms with E-state index in [1.807, 2.05) is 23.5 Å². The summed E-state index contributed by atoms with van der Waals surface area (Å²) in [6, 6.07) is 0. The summed E-state index contributed by atoms with van der Waals surface area (Å²) in [5.74, 6) is 2.55. The molecule has 0 fully saturated rings. The molecular formula is C24H46O2S4. The van der Waals surface area contributed by atoms with Gasteiger partial charge in [-0.2, -0.15) is 23.5 Å². The van der Waals surface area contributed by atoms with Crippen molar-refractivity contribution in [1.29, 1.82) is 0 Å². The second kappa shape index (κ2) is 22.9. The summed E-state index contributed by atoms with van der Waals surface area (Å²) in [5.41, 5.74) is 0. The van der Waals surface area contributed by atoms with Crippen LogP contribution in [0.4, 0.5) is 0 Å². The van der Waals surface area contributed by atoms with Crippen LogP contribution in [0.2, 0.25) is 0 Å². The first-order chi connectivity index (χ1) is 14.6. The number of hydrogen-bond acceptors (Lipinski definition) is 6. The van der Waals surface area contributed by atoms with E-state index in [4.69, 9.17) is 0 Å². The maximum Gasteiger partial charge on any atom is 0.134 e. The average molecular weight is 495 g/mol. The van der Waals surface area contributed by atoms with Crippen LogP contribution in [0.15, 0.2) is 0 Å². The lowest BCUT2D eigenvalue weighted by Gasteiger charge is -2.13. The maximum absolute atomic E-state index is 12.2. The Morgan fingerprint density at radius 2 is 1.03 bits per heavy atom. The summed E-state index contributed by atoms with van der Waals surface area (Å²) < 4.78 is 0. The van der Waals surface area contributed by atoms with Gasteiger partial charge in [-0.15, -0.1) is 0 Å². The van der Waals surface area contributed by atoms with Crippen molar-refractivity contribution < 1.29 is 9.59 Å². The molecule has 0 bridgehead atoms. The molecule has 0 spiro atoms. The summed E-state index contributed by atoms with van der Waals surface area (Å²) >= 11 is 3.70. The fraction of sp³-hybridized carbons (Fsp3) is 0.917. The molecular weight excluding hydrogens is 449 g/mol. The van der Waals surface area contributed by atoms with Gasteiger partial charge in [0, 0.05) is 47.7 Å². The van der Waals surface area contributed by atoms with Crippen LogP contribution in [-0.2, 0) is 9.59 Å². The van der Waals surface area contributed by atoms with Crippen molar-refractivity contribution in [1.82, 2.24) is 0 Å². The van der Waals surface area contributed by atoms with Crippen LogP contribution in [0.5, 0.6) is 0 Å². The van der Waals surface area contributed by atoms with Crippen molar-refractivity contribution in [2.75, 3.05) is 24.0 Å². The highest BCUT2D eigenvalue weighted by Crippen LogP contribution is 2.26. The largest absolute Gasteiger partial charge is 0.300 e. The van der Waals surface area contributed by atoms with Crippen LogP contribution in [0.25, 0.3) is 0 Å². The Balaban J connectivity index is 3.74. The van der Waals surface area contributed by atoms with Crippen molar-refractivity contribution >= 4 is 56.7 Å². The van der Waals surface area contributed by atoms with Gasteiger partial charge in [0.25, 0.3) is 0 Å². The first kappa shape index (κ1) is 30.7. The van der Waals surface area contributed by atoms with Crippen LogP contribution in [0, 0.1) is 0 Å². The first-order valence-electron chi connectivity index (χ1n) is 11.9. The smallest absolute Gasteiger partial charge is 0.134 e. The molecule has 0 aliphatic heterocycles. The lowest BCUT2D eigenvalue weighted by atomic mass is 10.1. The fourth-order valence-corrected chi connectivity index (χ4v) is 6.92. The van der Waals surface area contributed by atoms with Gasteiger partial charge >= 0.3 is 0 Å². The zero-order valence-electron chi connectivity index (χ0n) is 19.9. The van der Waals surface area contributed by atoms with Crippen molar-refractivity contribution in [2.24, 2.45) is 0 Å². The van der Waals surface area contributed by atoms with Crippen LogP contribution >= 0.6 is 45.1 Å². The van der Waals surface area contributed by atoms with E-state index in [1.54, 1.807) is 21.6 Å². The lowest BCUT2D eigenvalue weighted by molar-refractivity contribution is -0.119. The molecule has 2 atom stereocenters. The Kier molecular flexibility index (Phi) is 23.5. The van der Waals surface area contributed by atoms with Crippen LogP contribution in [0.1, 0.15) is 104 Å². The third kappa shape index (κ3) is 19.4. The first-order valence-corrected chi connectivity index (χ1v) is 17.0. The monoisotopic (exact) mass is 494 g/mol. The van der Waals surface area contributed by atoms with Gasteiger partial charge in [-0.1, -0.05) is 86.8 Å². The van der Waals surface area contributed by atoms with Gasteiger partial charge in [0.05, 0.1) is 0 Å². The second-order valence-electron chi connectivity index (χ2n) is 8.04. The number of ketones is 2. The SMILES string of the molecule is CCCCCCC(CC(=O)CCSSCCC(=O)CC(CCCCCC)SC)SC. The third-order valence-corrected chi connectivity index (χ3v) is 9.89. The van der Waals surface area contributed by atoms with E-state index in [0.29, 0.717) is 34.9 Å². The minimum Gasteiger partial charge on any atom is -0.300 e. The zero-order chi connectivity index (χ0) is 22.5. The highest BCUT2D eigenvalue weighted by molar-refractivity contribution is 8.76. The molecule has 0 saturated heterocycles. The molecule has 0 aliphatic rings. The maximum atomic E-state index is 12.2. The van der Waals surface area contributed by atoms with E-state index < -0.39 is 0 Å². The molecule has 0 amide bonds. The third-order valence-electron chi connectivity index (χ3n) is 5.35. The number of carbonyl (C=O) groups excluding carboxylic acids is 2. The molecule has 0 aromatic carbocycles. The Bertz CT molecular complexity index is 380. The van der Waals surface area contributed by atoms with E-state index in [-0.39, 0.29) is 0 Å². The van der Waals surface area contributed by atoms with E-state index in [1.165, 1.54) is 64.2 Å². The van der Waals surface area contributed by atoms with Crippen molar-refractivity contribution in [3.05, 3.63) is 0 Å². The molecule has 0 aliphatic carbocycles. The molecule has 2 unspecified atom stereocenters. The minimum absolute atomic E-state index is 0.403. The van der Waals surface area contributed by atoms with E-state index in [9.17, 15) is 9.59 Å². The highest BCUT2D eigenvalue weighted by atomic mass is 33.1. The second-order valence-corrected chi connectivity index (χ2v) is 13.0. The van der Waals surface area contributed by atoms with Gasteiger partial charge in [0.1, 0.15) is 11.6 Å². The summed E-state index contributed by atoms with van der Waals surface area (Å²) in [6.45, 7) is 4.47. The molecule has 2 nitrogen and oxygen atoms in total. The van der Waals surface area contributed by atoms with Gasteiger partial charge in [-0.25, -0.2) is 0 Å². The summed E-state index contributed by atoms with van der Waals surface area (Å²) in [7, 11) is 3.52. The average Bonchev–Trinajstić information content (AvgIpc) is 2.74. The minimum atomic E-state index is 0.403. The van der Waals surface area contributed by atoms with Gasteiger partial charge in [0.15, 0.2) is 0 Å². The lowest BCUT2D eigenvalue weighted by Crippen LogP contribution is -2.11. The standard InChI is InChI=1S/C24H46O2S4/c1-5-7-9-11-13-23(27-3)19-21(25)15-17-29-30-18-16-22(26)20-24(28-4)14-12-10-8-6-2/h23-24H,5-20H2,1-4H3. The Hall–Kier alpha value is 0.740. The van der Waals surface area contributed by atoms with E-state index in [0.717, 1.165) is 24.3 Å². The van der Waals surface area contributed by atoms with E-state index in [2.05, 4.69) is 26.4 Å². The zero-order valence-corrected chi connectivity index (χ0v) is 23.2. The molecule has 0 aromatic heterocycles. The van der Waals surface area contributed by atoms with Gasteiger partial charge in [-0.05, 0) is 25.4 Å². The van der Waals surface area contributed by atoms with Crippen molar-refractivity contribution in [3.63, 3.8) is 0 Å². The number of rotatable bonds is 23. The molecule has 178 valence electrons. The molecule has 0 N–H and O–H groups in total. The predicted molar refractivity (Wildman–Crippen MR) is 146 cm³/mol. The van der Waals surface area contributed by atoms with Crippen LogP contribution < -0.4 is 0 Å². The normalized spacial score (nSPS) is 13.3. The van der Waals surface area contributed by atoms with Crippen LogP contribution in [-0.4, -0.2) is 46.1 Å². The van der Waals surface area contributed by atoms with E-state index >= 15 is 0 Å².